The molecule has 2 fully saturated rings. The van der Waals surface area contributed by atoms with Crippen molar-refractivity contribution in [1.82, 2.24) is 9.69 Å². The van der Waals surface area contributed by atoms with Gasteiger partial charge in [0.1, 0.15) is 5.56 Å². The summed E-state index contributed by atoms with van der Waals surface area (Å²) in [4.78, 5) is 28.1. The summed E-state index contributed by atoms with van der Waals surface area (Å²) < 4.78 is 14.4. The van der Waals surface area contributed by atoms with E-state index < -0.39 is 17.0 Å². The van der Waals surface area contributed by atoms with Crippen LogP contribution >= 0.6 is 0 Å². The van der Waals surface area contributed by atoms with Crippen molar-refractivity contribution in [2.24, 2.45) is 11.3 Å². The highest BCUT2D eigenvalue weighted by Crippen LogP contribution is 2.57. The number of aromatic nitrogens is 1. The maximum absolute atomic E-state index is 14.4. The topological polar surface area (TPSA) is 65.8 Å². The summed E-state index contributed by atoms with van der Waals surface area (Å²) in [5, 5.41) is 9.13. The Balaban J connectivity index is 1.71. The van der Waals surface area contributed by atoms with Crippen LogP contribution in [0.25, 0.3) is 10.9 Å². The zero-order valence-corrected chi connectivity index (χ0v) is 14.9. The number of benzene rings is 1. The molecule has 1 unspecified atom stereocenters. The number of pyridine rings is 1. The molecule has 0 bridgehead atoms. The van der Waals surface area contributed by atoms with Crippen molar-refractivity contribution in [1.29, 1.82) is 0 Å². The average molecular weight is 359 g/mol. The van der Waals surface area contributed by atoms with E-state index in [-0.39, 0.29) is 15.7 Å². The van der Waals surface area contributed by atoms with Gasteiger partial charge in [-0.2, -0.15) is 4.79 Å². The van der Waals surface area contributed by atoms with Gasteiger partial charge in [0.05, 0.1) is 11.7 Å². The van der Waals surface area contributed by atoms with Crippen LogP contribution in [0.5, 0.6) is 0 Å². The molecule has 0 amide bonds. The van der Waals surface area contributed by atoms with Crippen LogP contribution in [-0.2, 0) is 0 Å². The van der Waals surface area contributed by atoms with Crippen molar-refractivity contribution in [2.45, 2.75) is 12.8 Å². The van der Waals surface area contributed by atoms with Gasteiger partial charge in [-0.1, -0.05) is 4.48 Å². The van der Waals surface area contributed by atoms with Gasteiger partial charge in [-0.3, -0.25) is 4.79 Å². The molecule has 2 heterocycles. The number of carboxylic acids is 1. The van der Waals surface area contributed by atoms with Crippen molar-refractivity contribution >= 4 is 22.6 Å². The third-order valence-corrected chi connectivity index (χ3v) is 5.83. The predicted octanol–water partition coefficient (Wildman–Crippen LogP) is 2.21. The number of carbonyl (C=O) groups is 1. The number of carboxylic acid groups (broad SMARTS) is 1. The number of aromatic carboxylic acids is 1. The summed E-state index contributed by atoms with van der Waals surface area (Å²) in [6.07, 6.45) is 3.20. The number of halogens is 1. The standard InChI is InChI=1S/C19H22FN3O3/c1-21(2)8-12-9-22(11-19(12)5-6-19)13-3-4-14-16(7-13)23(20)10-15(17(14)24)18(25)26/h3-4,7,10,12H,5-6,8-9,11H2,1-2H3,(H,25,26). The largest absolute Gasteiger partial charge is 0.477 e. The first-order valence-electron chi connectivity index (χ1n) is 8.79. The van der Waals surface area contributed by atoms with Crippen molar-refractivity contribution in [3.05, 3.63) is 40.2 Å². The molecule has 2 aromatic rings. The monoisotopic (exact) mass is 359 g/mol. The highest BCUT2D eigenvalue weighted by Gasteiger charge is 2.54. The van der Waals surface area contributed by atoms with E-state index in [9.17, 15) is 14.1 Å². The first kappa shape index (κ1) is 17.0. The molecule has 2 aliphatic rings. The minimum atomic E-state index is -1.42. The molecule has 0 radical (unpaired) electrons. The van der Waals surface area contributed by atoms with E-state index in [1.165, 1.54) is 18.9 Å². The van der Waals surface area contributed by atoms with Gasteiger partial charge in [0.25, 0.3) is 0 Å². The average Bonchev–Trinajstić information content (AvgIpc) is 3.27. The van der Waals surface area contributed by atoms with Crippen molar-refractivity contribution < 1.29 is 14.4 Å². The minimum absolute atomic E-state index is 0.0846. The van der Waals surface area contributed by atoms with Gasteiger partial charge < -0.3 is 14.9 Å². The van der Waals surface area contributed by atoms with E-state index in [0.717, 1.165) is 31.5 Å². The van der Waals surface area contributed by atoms with E-state index in [1.807, 2.05) is 0 Å². The molecular formula is C19H22FN3O3. The number of hydrogen-bond donors (Lipinski definition) is 1. The second-order valence-electron chi connectivity index (χ2n) is 7.89. The lowest BCUT2D eigenvalue weighted by molar-refractivity contribution is 0.0693. The van der Waals surface area contributed by atoms with Gasteiger partial charge in [0.2, 0.25) is 5.43 Å². The molecule has 1 N–H and O–H groups in total. The maximum Gasteiger partial charge on any atom is 0.341 e. The van der Waals surface area contributed by atoms with Crippen LogP contribution < -0.4 is 10.3 Å². The molecule has 4 rings (SSSR count). The molecule has 1 atom stereocenters. The summed E-state index contributed by atoms with van der Waals surface area (Å²) in [5.74, 6) is -0.843. The Morgan fingerprint density at radius 2 is 2.12 bits per heavy atom. The van der Waals surface area contributed by atoms with Crippen LogP contribution in [0.4, 0.5) is 10.2 Å². The van der Waals surface area contributed by atoms with Gasteiger partial charge in [0.15, 0.2) is 0 Å². The van der Waals surface area contributed by atoms with E-state index >= 15 is 0 Å². The molecule has 1 aromatic heterocycles. The van der Waals surface area contributed by atoms with Gasteiger partial charge in [-0.25, -0.2) is 4.79 Å². The molecule has 26 heavy (non-hydrogen) atoms. The Labute approximate surface area is 150 Å². The normalized spacial score (nSPS) is 21.1. The van der Waals surface area contributed by atoms with Crippen LogP contribution in [-0.4, -0.2) is 54.5 Å². The molecule has 1 aliphatic carbocycles. The summed E-state index contributed by atoms with van der Waals surface area (Å²) in [6, 6.07) is 4.98. The zero-order valence-electron chi connectivity index (χ0n) is 14.9. The van der Waals surface area contributed by atoms with Crippen LogP contribution in [0.15, 0.2) is 29.2 Å². The van der Waals surface area contributed by atoms with Crippen molar-refractivity contribution in [2.75, 3.05) is 38.6 Å². The van der Waals surface area contributed by atoms with Gasteiger partial charge in [-0.05, 0) is 56.5 Å². The Morgan fingerprint density at radius 3 is 2.73 bits per heavy atom. The summed E-state index contributed by atoms with van der Waals surface area (Å²) >= 11 is 0. The Morgan fingerprint density at radius 1 is 1.38 bits per heavy atom. The Bertz CT molecular complexity index is 949. The molecule has 6 nitrogen and oxygen atoms in total. The fourth-order valence-corrected chi connectivity index (χ4v) is 4.27. The smallest absolute Gasteiger partial charge is 0.341 e. The number of hydrogen-bond acceptors (Lipinski definition) is 4. The maximum atomic E-state index is 14.4. The first-order valence-corrected chi connectivity index (χ1v) is 8.79. The predicted molar refractivity (Wildman–Crippen MR) is 97.6 cm³/mol. The van der Waals surface area contributed by atoms with E-state index in [2.05, 4.69) is 23.9 Å². The fraction of sp³-hybridized carbons (Fsp3) is 0.474. The first-order chi connectivity index (χ1) is 12.3. The highest BCUT2D eigenvalue weighted by molar-refractivity contribution is 5.93. The molecule has 1 aromatic carbocycles. The molecule has 138 valence electrons. The molecule has 1 spiro atoms. The molecule has 1 saturated heterocycles. The zero-order chi connectivity index (χ0) is 18.6. The van der Waals surface area contributed by atoms with Crippen LogP contribution in [0.3, 0.4) is 0 Å². The molecule has 1 aliphatic heterocycles. The second kappa shape index (κ2) is 5.81. The number of anilines is 1. The summed E-state index contributed by atoms with van der Waals surface area (Å²) in [6.45, 7) is 2.88. The van der Waals surface area contributed by atoms with Gasteiger partial charge in [-0.15, -0.1) is 0 Å². The lowest BCUT2D eigenvalue weighted by atomic mass is 9.93. The van der Waals surface area contributed by atoms with E-state index in [1.54, 1.807) is 12.1 Å². The van der Waals surface area contributed by atoms with Crippen LogP contribution in [0.2, 0.25) is 0 Å². The third-order valence-electron chi connectivity index (χ3n) is 5.83. The Hall–Kier alpha value is -2.41. The number of nitrogens with zero attached hydrogens (tertiary/aromatic N) is 3. The van der Waals surface area contributed by atoms with Gasteiger partial charge >= 0.3 is 5.97 Å². The van der Waals surface area contributed by atoms with Crippen molar-refractivity contribution in [3.63, 3.8) is 0 Å². The van der Waals surface area contributed by atoms with Crippen molar-refractivity contribution in [3.8, 4) is 0 Å². The van der Waals surface area contributed by atoms with E-state index in [4.69, 9.17) is 5.11 Å². The molecular weight excluding hydrogens is 337 g/mol. The molecule has 1 saturated carbocycles. The summed E-state index contributed by atoms with van der Waals surface area (Å²) in [7, 11) is 4.16. The lowest BCUT2D eigenvalue weighted by Crippen LogP contribution is -2.28. The lowest BCUT2D eigenvalue weighted by Gasteiger charge is -2.21. The number of rotatable bonds is 4. The van der Waals surface area contributed by atoms with Crippen LogP contribution in [0.1, 0.15) is 23.2 Å². The van der Waals surface area contributed by atoms with Crippen LogP contribution in [0, 0.1) is 11.3 Å². The van der Waals surface area contributed by atoms with Gasteiger partial charge in [0, 0.05) is 30.7 Å². The quantitative estimate of drug-likeness (QED) is 0.907. The minimum Gasteiger partial charge on any atom is -0.477 e. The Kier molecular flexibility index (Phi) is 3.80. The number of fused-ring (bicyclic) bond motifs is 1. The third kappa shape index (κ3) is 2.67. The second-order valence-corrected chi connectivity index (χ2v) is 7.89. The van der Waals surface area contributed by atoms with E-state index in [0.29, 0.717) is 11.3 Å². The fourth-order valence-electron chi connectivity index (χ4n) is 4.27. The highest BCUT2D eigenvalue weighted by atomic mass is 19.2. The SMILES string of the molecule is CN(C)CC1CN(c2ccc3c(=O)c(C(=O)O)cn(F)c3c2)CC12CC2. The summed E-state index contributed by atoms with van der Waals surface area (Å²) in [5.41, 5.74) is 0.134. The molecule has 7 heteroatoms.